The molecule has 0 saturated carbocycles. The maximum Gasteiger partial charge on any atom is 0.312 e. The van der Waals surface area contributed by atoms with Gasteiger partial charge in [0.2, 0.25) is 0 Å². The second kappa shape index (κ2) is 6.33. The van der Waals surface area contributed by atoms with Crippen LogP contribution in [0.2, 0.25) is 0 Å². The Morgan fingerprint density at radius 2 is 2.17 bits per heavy atom. The quantitative estimate of drug-likeness (QED) is 0.564. The minimum atomic E-state index is -0.583. The predicted octanol–water partition coefficient (Wildman–Crippen LogP) is 1.72. The Bertz CT molecular complexity index is 452. The first-order valence-electron chi connectivity index (χ1n) is 5.20. The lowest BCUT2D eigenvalue weighted by atomic mass is 10.0. The van der Waals surface area contributed by atoms with Crippen molar-refractivity contribution in [2.75, 3.05) is 19.6 Å². The first-order valence-corrected chi connectivity index (χ1v) is 6.00. The highest BCUT2D eigenvalue weighted by Crippen LogP contribution is 2.36. The zero-order chi connectivity index (χ0) is 12.4. The summed E-state index contributed by atoms with van der Waals surface area (Å²) in [5, 5.41) is 27.1. The molecule has 0 amide bonds. The van der Waals surface area contributed by atoms with Crippen LogP contribution < -0.4 is 10.6 Å². The van der Waals surface area contributed by atoms with Crippen molar-refractivity contribution in [3.05, 3.63) is 32.3 Å². The van der Waals surface area contributed by atoms with Gasteiger partial charge in [-0.2, -0.15) is 0 Å². The van der Waals surface area contributed by atoms with Crippen molar-refractivity contribution < 1.29 is 10.0 Å². The number of phenolic OH excluding ortho intramolecular Hbond substituents is 1. The van der Waals surface area contributed by atoms with E-state index < -0.39 is 4.92 Å². The lowest BCUT2D eigenvalue weighted by Crippen LogP contribution is -2.42. The van der Waals surface area contributed by atoms with Crippen LogP contribution in [-0.2, 0) is 0 Å². The minimum Gasteiger partial charge on any atom is -0.502 e. The lowest BCUT2D eigenvalue weighted by Gasteiger charge is -2.25. The third-order valence-corrected chi connectivity index (χ3v) is 3.15. The Morgan fingerprint density at radius 3 is 2.72 bits per heavy atom. The van der Waals surface area contributed by atoms with Crippen LogP contribution in [0.15, 0.2) is 16.6 Å². The van der Waals surface area contributed by atoms with Crippen molar-refractivity contribution in [2.45, 2.75) is 6.04 Å². The van der Waals surface area contributed by atoms with Crippen LogP contribution >= 0.6 is 28.3 Å². The van der Waals surface area contributed by atoms with Gasteiger partial charge in [0.25, 0.3) is 0 Å². The first-order chi connectivity index (χ1) is 8.09. The van der Waals surface area contributed by atoms with E-state index in [0.717, 1.165) is 13.1 Å². The molecule has 1 atom stereocenters. The highest BCUT2D eigenvalue weighted by molar-refractivity contribution is 9.10. The molecular weight excluding hydrogens is 325 g/mol. The molecule has 0 radical (unpaired) electrons. The molecule has 1 heterocycles. The summed E-state index contributed by atoms with van der Waals surface area (Å²) < 4.78 is 0.587. The van der Waals surface area contributed by atoms with Gasteiger partial charge in [-0.1, -0.05) is 15.9 Å². The Labute approximate surface area is 118 Å². The fourth-order valence-corrected chi connectivity index (χ4v) is 2.35. The van der Waals surface area contributed by atoms with Crippen LogP contribution in [0.5, 0.6) is 5.75 Å². The molecule has 1 aromatic carbocycles. The summed E-state index contributed by atoms with van der Waals surface area (Å²) >= 11 is 3.22. The molecule has 3 N–H and O–H groups in total. The SMILES string of the molecule is Cl.O=[N+]([O-])c1cc(Br)cc([C@@H]2CNCCN2)c1O. The summed E-state index contributed by atoms with van der Waals surface area (Å²) in [6, 6.07) is 2.89. The number of halogens is 2. The average Bonchev–Trinajstić information content (AvgIpc) is 2.32. The summed E-state index contributed by atoms with van der Waals surface area (Å²) in [4.78, 5) is 10.2. The van der Waals surface area contributed by atoms with Gasteiger partial charge in [-0.05, 0) is 6.07 Å². The largest absolute Gasteiger partial charge is 0.502 e. The van der Waals surface area contributed by atoms with Gasteiger partial charge in [0.1, 0.15) is 0 Å². The number of nitro groups is 1. The molecule has 2 rings (SSSR count). The maximum atomic E-state index is 10.8. The van der Waals surface area contributed by atoms with Gasteiger partial charge < -0.3 is 15.7 Å². The smallest absolute Gasteiger partial charge is 0.312 e. The molecule has 0 spiro atoms. The topological polar surface area (TPSA) is 87.4 Å². The summed E-state index contributed by atoms with van der Waals surface area (Å²) in [5.41, 5.74) is 0.264. The molecule has 100 valence electrons. The third kappa shape index (κ3) is 3.11. The Kier molecular flexibility index (Phi) is 5.33. The van der Waals surface area contributed by atoms with Crippen LogP contribution in [0, 0.1) is 10.1 Å². The van der Waals surface area contributed by atoms with Gasteiger partial charge in [0, 0.05) is 41.8 Å². The van der Waals surface area contributed by atoms with Crippen molar-refractivity contribution in [1.29, 1.82) is 0 Å². The number of benzene rings is 1. The summed E-state index contributed by atoms with van der Waals surface area (Å²) in [6.45, 7) is 2.26. The molecule has 0 aliphatic carbocycles. The number of nitrogens with one attached hydrogen (secondary N) is 2. The average molecular weight is 339 g/mol. The van der Waals surface area contributed by atoms with Crippen molar-refractivity contribution in [1.82, 2.24) is 10.6 Å². The number of nitrogens with zero attached hydrogens (tertiary/aromatic N) is 1. The van der Waals surface area contributed by atoms with E-state index in [4.69, 9.17) is 0 Å². The van der Waals surface area contributed by atoms with Crippen LogP contribution in [-0.4, -0.2) is 29.7 Å². The number of phenols is 1. The van der Waals surface area contributed by atoms with E-state index in [2.05, 4.69) is 26.6 Å². The van der Waals surface area contributed by atoms with Crippen molar-refractivity contribution >= 4 is 34.0 Å². The van der Waals surface area contributed by atoms with E-state index in [9.17, 15) is 15.2 Å². The van der Waals surface area contributed by atoms with E-state index >= 15 is 0 Å². The van der Waals surface area contributed by atoms with Crippen LogP contribution in [0.1, 0.15) is 11.6 Å². The Hall–Kier alpha value is -0.890. The van der Waals surface area contributed by atoms with Crippen LogP contribution in [0.3, 0.4) is 0 Å². The van der Waals surface area contributed by atoms with Gasteiger partial charge in [-0.3, -0.25) is 10.1 Å². The predicted molar refractivity (Wildman–Crippen MR) is 73.3 cm³/mol. The molecule has 8 heteroatoms. The van der Waals surface area contributed by atoms with E-state index in [-0.39, 0.29) is 29.9 Å². The second-order valence-electron chi connectivity index (χ2n) is 3.83. The zero-order valence-corrected chi connectivity index (χ0v) is 11.8. The van der Waals surface area contributed by atoms with Gasteiger partial charge in [-0.25, -0.2) is 0 Å². The minimum absolute atomic E-state index is 0. The molecule has 0 unspecified atom stereocenters. The van der Waals surface area contributed by atoms with Gasteiger partial charge in [0.05, 0.1) is 4.92 Å². The maximum absolute atomic E-state index is 10.8. The standard InChI is InChI=1S/C10H12BrN3O3.ClH/c11-6-3-7(8-5-12-1-2-13-8)10(15)9(4-6)14(16)17;/h3-4,8,12-13,15H,1-2,5H2;1H/t8-;/m0./s1. The van der Waals surface area contributed by atoms with Crippen molar-refractivity contribution in [2.24, 2.45) is 0 Å². The van der Waals surface area contributed by atoms with E-state index in [0.29, 0.717) is 16.6 Å². The summed E-state index contributed by atoms with van der Waals surface area (Å²) in [5.74, 6) is -0.264. The first kappa shape index (κ1) is 15.2. The molecule has 0 aromatic heterocycles. The van der Waals surface area contributed by atoms with Crippen LogP contribution in [0.25, 0.3) is 0 Å². The molecule has 0 bridgehead atoms. The zero-order valence-electron chi connectivity index (χ0n) is 9.35. The highest BCUT2D eigenvalue weighted by atomic mass is 79.9. The molecule has 1 aromatic rings. The number of rotatable bonds is 2. The van der Waals surface area contributed by atoms with E-state index in [1.54, 1.807) is 6.07 Å². The normalized spacial score (nSPS) is 19.1. The molecule has 1 aliphatic rings. The molecule has 1 fully saturated rings. The molecular formula is C10H13BrClN3O3. The Morgan fingerprint density at radius 1 is 1.44 bits per heavy atom. The van der Waals surface area contributed by atoms with Crippen molar-refractivity contribution in [3.8, 4) is 5.75 Å². The fraction of sp³-hybridized carbons (Fsp3) is 0.400. The molecule has 18 heavy (non-hydrogen) atoms. The van der Waals surface area contributed by atoms with Gasteiger partial charge in [-0.15, -0.1) is 12.4 Å². The van der Waals surface area contributed by atoms with Crippen LogP contribution in [0.4, 0.5) is 5.69 Å². The highest BCUT2D eigenvalue weighted by Gasteiger charge is 2.24. The number of piperazine rings is 1. The summed E-state index contributed by atoms with van der Waals surface area (Å²) in [7, 11) is 0. The monoisotopic (exact) mass is 337 g/mol. The van der Waals surface area contributed by atoms with E-state index in [1.165, 1.54) is 6.07 Å². The fourth-order valence-electron chi connectivity index (χ4n) is 1.88. The molecule has 1 aliphatic heterocycles. The Balaban J connectivity index is 0.00000162. The molecule has 1 saturated heterocycles. The second-order valence-corrected chi connectivity index (χ2v) is 4.75. The third-order valence-electron chi connectivity index (χ3n) is 2.70. The number of aromatic hydroxyl groups is 1. The molecule has 6 nitrogen and oxygen atoms in total. The van der Waals surface area contributed by atoms with Gasteiger partial charge >= 0.3 is 5.69 Å². The van der Waals surface area contributed by atoms with Crippen molar-refractivity contribution in [3.63, 3.8) is 0 Å². The summed E-state index contributed by atoms with van der Waals surface area (Å²) in [6.07, 6.45) is 0. The number of hydrogen-bond donors (Lipinski definition) is 3. The van der Waals surface area contributed by atoms with Gasteiger partial charge in [0.15, 0.2) is 5.75 Å². The van der Waals surface area contributed by atoms with E-state index in [1.807, 2.05) is 0 Å². The number of nitro benzene ring substituents is 1. The lowest BCUT2D eigenvalue weighted by molar-refractivity contribution is -0.386. The number of hydrogen-bond acceptors (Lipinski definition) is 5.